The summed E-state index contributed by atoms with van der Waals surface area (Å²) in [5.74, 6) is 3.76. The molecule has 1 heterocycles. The molecule has 0 aliphatic heterocycles. The molecule has 0 radical (unpaired) electrons. The second-order valence-electron chi connectivity index (χ2n) is 5.84. The molecule has 2 rings (SSSR count). The molecule has 2 amide bonds. The largest absolute Gasteiger partial charge is 0.472 e. The first-order valence-corrected chi connectivity index (χ1v) is 8.87. The van der Waals surface area contributed by atoms with Gasteiger partial charge in [-0.3, -0.25) is 14.4 Å². The lowest BCUT2D eigenvalue weighted by atomic mass is 10.1. The van der Waals surface area contributed by atoms with Gasteiger partial charge in [0.25, 0.3) is 5.91 Å². The molecule has 1 atom stereocenters. The first kappa shape index (κ1) is 21.6. The third kappa shape index (κ3) is 7.11. The van der Waals surface area contributed by atoms with Gasteiger partial charge in [-0.05, 0) is 31.2 Å². The number of aliphatic imine (C=N–C) groups is 1. The molecule has 2 aromatic rings. The van der Waals surface area contributed by atoms with Crippen molar-refractivity contribution in [2.24, 2.45) is 10.8 Å². The maximum absolute atomic E-state index is 12.3. The van der Waals surface area contributed by atoms with E-state index in [-0.39, 0.29) is 19.6 Å². The molecule has 0 aliphatic carbocycles. The van der Waals surface area contributed by atoms with Gasteiger partial charge >= 0.3 is 5.97 Å². The van der Waals surface area contributed by atoms with Gasteiger partial charge in [0.05, 0.1) is 43.8 Å². The van der Waals surface area contributed by atoms with Gasteiger partial charge in [0.15, 0.2) is 0 Å². The number of esters is 1. The van der Waals surface area contributed by atoms with E-state index >= 15 is 0 Å². The van der Waals surface area contributed by atoms with Gasteiger partial charge in [-0.1, -0.05) is 6.07 Å². The maximum atomic E-state index is 12.3. The average molecular weight is 401 g/mol. The number of hydrogen-bond donors (Lipinski definition) is 4. The normalized spacial score (nSPS) is 11.7. The predicted octanol–water partition coefficient (Wildman–Crippen LogP) is 0.943. The van der Waals surface area contributed by atoms with Crippen LogP contribution in [-0.4, -0.2) is 37.3 Å². The van der Waals surface area contributed by atoms with Crippen molar-refractivity contribution in [3.63, 3.8) is 0 Å². The van der Waals surface area contributed by atoms with Crippen molar-refractivity contribution in [3.8, 4) is 0 Å². The summed E-state index contributed by atoms with van der Waals surface area (Å²) in [6.07, 6.45) is 4.11. The number of carbonyl (C=O) groups is 3. The molecule has 0 aliphatic rings. The second-order valence-corrected chi connectivity index (χ2v) is 5.84. The summed E-state index contributed by atoms with van der Waals surface area (Å²) in [5, 5.41) is 5.22. The fourth-order valence-corrected chi connectivity index (χ4v) is 2.46. The molecule has 0 bridgehead atoms. The van der Waals surface area contributed by atoms with E-state index in [2.05, 4.69) is 21.1 Å². The van der Waals surface area contributed by atoms with E-state index in [4.69, 9.17) is 15.0 Å². The number of rotatable bonds is 10. The van der Waals surface area contributed by atoms with Crippen LogP contribution in [0.25, 0.3) is 0 Å². The molecule has 0 fully saturated rings. The van der Waals surface area contributed by atoms with Crippen LogP contribution in [0.5, 0.6) is 0 Å². The molecule has 10 nitrogen and oxygen atoms in total. The highest BCUT2D eigenvalue weighted by Crippen LogP contribution is 2.18. The van der Waals surface area contributed by atoms with E-state index < -0.39 is 23.8 Å². The second kappa shape index (κ2) is 11.2. The van der Waals surface area contributed by atoms with Crippen molar-refractivity contribution in [3.05, 3.63) is 54.0 Å². The topological polar surface area (TPSA) is 148 Å². The first-order valence-electron chi connectivity index (χ1n) is 8.87. The Labute approximate surface area is 167 Å². The highest BCUT2D eigenvalue weighted by Gasteiger charge is 2.20. The van der Waals surface area contributed by atoms with Gasteiger partial charge in [0.1, 0.15) is 6.34 Å². The molecule has 0 saturated heterocycles. The van der Waals surface area contributed by atoms with Crippen molar-refractivity contribution >= 4 is 29.8 Å². The molecule has 1 aromatic heterocycles. The Bertz CT molecular complexity index is 850. The molecular formula is C19H23N5O5. The van der Waals surface area contributed by atoms with Crippen molar-refractivity contribution in [2.75, 3.05) is 13.2 Å². The summed E-state index contributed by atoms with van der Waals surface area (Å²) in [6.45, 7) is 1.67. The number of nitrogens with one attached hydrogen (secondary N) is 3. The number of nitrogens with two attached hydrogens (primary N) is 1. The minimum absolute atomic E-state index is 0.0533. The quantitative estimate of drug-likeness (QED) is 0.152. The molecule has 154 valence electrons. The Balaban J connectivity index is 1.93. The Morgan fingerprint density at radius 2 is 2.14 bits per heavy atom. The lowest BCUT2D eigenvalue weighted by molar-refractivity contribution is -0.143. The van der Waals surface area contributed by atoms with Crippen LogP contribution in [0.1, 0.15) is 35.3 Å². The molecule has 1 aromatic carbocycles. The monoisotopic (exact) mass is 401 g/mol. The van der Waals surface area contributed by atoms with Crippen molar-refractivity contribution < 1.29 is 23.5 Å². The van der Waals surface area contributed by atoms with Gasteiger partial charge in [-0.2, -0.15) is 0 Å². The van der Waals surface area contributed by atoms with E-state index in [0.717, 1.165) is 0 Å². The summed E-state index contributed by atoms with van der Waals surface area (Å²) in [5.41, 5.74) is 3.75. The summed E-state index contributed by atoms with van der Waals surface area (Å²) < 4.78 is 9.95. The van der Waals surface area contributed by atoms with Crippen LogP contribution in [0.4, 0.5) is 5.69 Å². The number of hydrogen-bond acceptors (Lipinski definition) is 7. The number of furan rings is 1. The third-order valence-corrected chi connectivity index (χ3v) is 3.76. The van der Waals surface area contributed by atoms with Gasteiger partial charge < -0.3 is 25.2 Å². The number of hydrazine groups is 1. The molecule has 5 N–H and O–H groups in total. The van der Waals surface area contributed by atoms with Gasteiger partial charge in [0, 0.05) is 11.1 Å². The number of carbonyl (C=O) groups excluding carboxylic acids is 3. The van der Waals surface area contributed by atoms with Gasteiger partial charge in [-0.25, -0.2) is 10.8 Å². The lowest BCUT2D eigenvalue weighted by Crippen LogP contribution is -2.39. The van der Waals surface area contributed by atoms with Crippen molar-refractivity contribution in [1.82, 2.24) is 16.1 Å². The molecular weight excluding hydrogens is 378 g/mol. The zero-order chi connectivity index (χ0) is 21.1. The molecule has 1 unspecified atom stereocenters. The van der Waals surface area contributed by atoms with Crippen molar-refractivity contribution in [2.45, 2.75) is 19.4 Å². The molecule has 10 heteroatoms. The minimum Gasteiger partial charge on any atom is -0.472 e. The zero-order valence-corrected chi connectivity index (χ0v) is 15.9. The standard InChI is InChI=1S/C19H23N5O5/c1-2-29-18(26)9-16(14-6-7-28-11-14)24-17(25)10-21-19(27)13-4-3-5-15(8-13)22-12-23-20/h3-8,11-12,16H,2,9-10,20H2,1H3,(H,21,27)(H,22,23)(H,24,25). The molecule has 0 spiro atoms. The van der Waals surface area contributed by atoms with E-state index in [1.54, 1.807) is 37.3 Å². The first-order chi connectivity index (χ1) is 14.0. The van der Waals surface area contributed by atoms with E-state index in [1.807, 2.05) is 0 Å². The predicted molar refractivity (Wildman–Crippen MR) is 105 cm³/mol. The summed E-state index contributed by atoms with van der Waals surface area (Å²) in [4.78, 5) is 40.3. The third-order valence-electron chi connectivity index (χ3n) is 3.76. The highest BCUT2D eigenvalue weighted by atomic mass is 16.5. The van der Waals surface area contributed by atoms with E-state index in [1.165, 1.54) is 18.9 Å². The average Bonchev–Trinajstić information content (AvgIpc) is 3.25. The van der Waals surface area contributed by atoms with E-state index in [0.29, 0.717) is 16.8 Å². The van der Waals surface area contributed by atoms with Crippen LogP contribution in [-0.2, 0) is 14.3 Å². The van der Waals surface area contributed by atoms with Crippen molar-refractivity contribution in [1.29, 1.82) is 0 Å². The smallest absolute Gasteiger partial charge is 0.308 e. The van der Waals surface area contributed by atoms with Crippen LogP contribution in [0.2, 0.25) is 0 Å². The Morgan fingerprint density at radius 3 is 2.83 bits per heavy atom. The van der Waals surface area contributed by atoms with E-state index in [9.17, 15) is 14.4 Å². The van der Waals surface area contributed by atoms with Crippen LogP contribution in [0, 0.1) is 0 Å². The van der Waals surface area contributed by atoms with Crippen LogP contribution < -0.4 is 21.9 Å². The Kier molecular flexibility index (Phi) is 8.39. The number of benzene rings is 1. The van der Waals surface area contributed by atoms with Gasteiger partial charge in [-0.15, -0.1) is 0 Å². The van der Waals surface area contributed by atoms with Crippen LogP contribution in [0.15, 0.2) is 52.3 Å². The highest BCUT2D eigenvalue weighted by molar-refractivity contribution is 5.97. The van der Waals surface area contributed by atoms with Gasteiger partial charge in [0.2, 0.25) is 5.91 Å². The maximum Gasteiger partial charge on any atom is 0.308 e. The van der Waals surface area contributed by atoms with Crippen LogP contribution >= 0.6 is 0 Å². The number of amides is 2. The SMILES string of the molecule is CCOC(=O)CC(NC(=O)CNC(=O)c1cccc(N=CNN)c1)c1ccoc1. The fraction of sp³-hybridized carbons (Fsp3) is 0.263. The minimum atomic E-state index is -0.626. The fourth-order valence-electron chi connectivity index (χ4n) is 2.46. The number of nitrogens with zero attached hydrogens (tertiary/aromatic N) is 1. The summed E-state index contributed by atoms with van der Waals surface area (Å²) in [7, 11) is 0. The Hall–Kier alpha value is -3.66. The summed E-state index contributed by atoms with van der Waals surface area (Å²) >= 11 is 0. The molecule has 29 heavy (non-hydrogen) atoms. The summed E-state index contributed by atoms with van der Waals surface area (Å²) in [6, 6.07) is 7.52. The Morgan fingerprint density at radius 1 is 1.31 bits per heavy atom. The van der Waals surface area contributed by atoms with Crippen LogP contribution in [0.3, 0.4) is 0 Å². The number of ether oxygens (including phenoxy) is 1. The zero-order valence-electron chi connectivity index (χ0n) is 15.9. The molecule has 0 saturated carbocycles. The lowest BCUT2D eigenvalue weighted by Gasteiger charge is -2.17.